The van der Waals surface area contributed by atoms with Crippen molar-refractivity contribution in [3.05, 3.63) is 375 Å². The van der Waals surface area contributed by atoms with E-state index >= 15 is 0 Å². The summed E-state index contributed by atoms with van der Waals surface area (Å²) in [4.78, 5) is 81.0. The minimum atomic E-state index is -0.714. The maximum Gasteiger partial charge on any atom is 0.410 e. The SMILES string of the molecule is C=C=C=C=C=C=C=C=C=C=C=C=C=C=C=C=C=C=C=C=C=C=C=C=C=C=C=C=C=C=C=C=C=C=C=C=C=C=C=C=C=C=C=C=C=C=C.CC(C)(C)OC(=O)N1CCN(c2ccc(F)cc2NC(=O)c2csc(Br)n2)CC1.CC(C)(C)OC(=O)N1CCN(c2ccc(F)cc2NC(=O)c2csc(N3C(=O)C(C)(C)c4ccccc43)n2)CC1. The number of anilines is 6. The molecule has 0 saturated carbocycles. The number of fused-ring (bicyclic) bond motifs is 1. The van der Waals surface area contributed by atoms with Crippen LogP contribution in [0, 0.1) is 11.6 Å². The van der Waals surface area contributed by atoms with Crippen LogP contribution in [0.25, 0.3) is 0 Å². The van der Waals surface area contributed by atoms with E-state index in [1.807, 2.05) is 89.5 Å². The van der Waals surface area contributed by atoms with E-state index in [1.165, 1.54) is 46.9 Å². The highest BCUT2D eigenvalue weighted by Gasteiger charge is 2.45. The summed E-state index contributed by atoms with van der Waals surface area (Å²) in [5, 5.41) is 9.14. The number of piperazine rings is 2. The van der Waals surface area contributed by atoms with Crippen LogP contribution in [0.4, 0.5) is 51.9 Å². The fourth-order valence-corrected chi connectivity index (χ4v) is 10.9. The van der Waals surface area contributed by atoms with Crippen LogP contribution in [0.2, 0.25) is 0 Å². The third-order valence-corrected chi connectivity index (χ3v) is 16.1. The number of benzene rings is 3. The van der Waals surface area contributed by atoms with Crippen molar-refractivity contribution in [3.63, 3.8) is 0 Å². The molecule has 3 aliphatic rings. The van der Waals surface area contributed by atoms with Gasteiger partial charge in [0, 0.05) is 218 Å². The van der Waals surface area contributed by atoms with E-state index in [0.717, 1.165) is 11.3 Å². The van der Waals surface area contributed by atoms with Crippen molar-refractivity contribution in [1.82, 2.24) is 19.8 Å². The molecule has 5 amide bonds. The van der Waals surface area contributed by atoms with E-state index in [2.05, 4.69) is 308 Å². The molecule has 0 aliphatic carbocycles. The van der Waals surface area contributed by atoms with Gasteiger partial charge in [-0.2, -0.15) is 0 Å². The average molecular weight is 1620 g/mol. The molecule has 0 bridgehead atoms. The van der Waals surface area contributed by atoms with Crippen LogP contribution >= 0.6 is 38.6 Å². The molecule has 5 aromatic rings. The second-order valence-electron chi connectivity index (χ2n) is 24.7. The van der Waals surface area contributed by atoms with Gasteiger partial charge in [-0.1, -0.05) is 29.7 Å². The topological polar surface area (TPSA) is 170 Å². The molecule has 0 spiro atoms. The zero-order valence-corrected chi connectivity index (χ0v) is 66.7. The van der Waals surface area contributed by atoms with Crippen molar-refractivity contribution in [2.75, 3.05) is 77.7 Å². The lowest BCUT2D eigenvalue weighted by atomic mass is 9.86. The number of para-hydroxylation sites is 1. The van der Waals surface area contributed by atoms with Crippen molar-refractivity contribution in [3.8, 4) is 0 Å². The summed E-state index contributed by atoms with van der Waals surface area (Å²) < 4.78 is 39.6. The lowest BCUT2D eigenvalue weighted by molar-refractivity contribution is -0.121. The molecule has 8 rings (SSSR count). The van der Waals surface area contributed by atoms with Gasteiger partial charge in [0.15, 0.2) is 9.05 Å². The number of carbonyl (C=O) groups excluding carboxylic acids is 5. The molecule has 558 valence electrons. The summed E-state index contributed by atoms with van der Waals surface area (Å²) >= 11 is 5.72. The molecule has 3 aliphatic heterocycles. The van der Waals surface area contributed by atoms with Crippen LogP contribution in [-0.4, -0.2) is 113 Å². The Morgan fingerprint density at radius 1 is 0.431 bits per heavy atom. The summed E-state index contributed by atoms with van der Waals surface area (Å²) in [5.41, 5.74) is 114. The molecular formula is C95H58BrF2N9O7S2. The fraction of sp³-hybridized carbons (Fsp3) is 0.200. The number of nitrogens with one attached hydrogen (secondary N) is 2. The first-order valence-corrected chi connectivity index (χ1v) is 36.4. The molecule has 116 heavy (non-hydrogen) atoms. The fourth-order valence-electron chi connectivity index (χ4n) is 9.14. The number of nitrogens with zero attached hydrogens (tertiary/aromatic N) is 7. The first-order valence-electron chi connectivity index (χ1n) is 33.9. The Morgan fingerprint density at radius 2 is 0.724 bits per heavy atom. The average Bonchev–Trinajstić information content (AvgIpc) is 1.59. The Bertz CT molecular complexity index is 6530. The number of amides is 5. The van der Waals surface area contributed by atoms with Crippen molar-refractivity contribution in [1.29, 1.82) is 0 Å². The normalized spacial score (nSPS) is 11.0. The maximum atomic E-state index is 14.3. The van der Waals surface area contributed by atoms with Gasteiger partial charge >= 0.3 is 12.2 Å². The van der Waals surface area contributed by atoms with E-state index in [9.17, 15) is 32.8 Å². The van der Waals surface area contributed by atoms with Gasteiger partial charge in [-0.25, -0.2) is 28.3 Å². The first kappa shape index (κ1) is 88.6. The number of ether oxygens (including phenoxy) is 2. The molecule has 2 saturated heterocycles. The van der Waals surface area contributed by atoms with Gasteiger partial charge in [0.1, 0.15) is 34.2 Å². The lowest BCUT2D eigenvalue weighted by Crippen LogP contribution is -2.50. The van der Waals surface area contributed by atoms with E-state index in [4.69, 9.17) is 9.47 Å². The van der Waals surface area contributed by atoms with E-state index in [1.54, 1.807) is 37.6 Å². The zero-order valence-electron chi connectivity index (χ0n) is 63.4. The summed E-state index contributed by atoms with van der Waals surface area (Å²) in [5.74, 6) is -1.98. The predicted octanol–water partition coefficient (Wildman–Crippen LogP) is 17.7. The molecule has 0 radical (unpaired) electrons. The molecule has 0 unspecified atom stereocenters. The van der Waals surface area contributed by atoms with E-state index in [-0.39, 0.29) is 29.5 Å². The monoisotopic (exact) mass is 1620 g/mol. The molecule has 2 fully saturated rings. The number of thiazole rings is 2. The Labute approximate surface area is 684 Å². The molecule has 2 aromatic heterocycles. The smallest absolute Gasteiger partial charge is 0.410 e. The number of hydrogen-bond donors (Lipinski definition) is 2. The number of carbonyl (C=O) groups is 5. The Morgan fingerprint density at radius 3 is 1.02 bits per heavy atom. The Kier molecular flexibility index (Phi) is 36.3. The molecule has 2 N–H and O–H groups in total. The van der Waals surface area contributed by atoms with Crippen molar-refractivity contribution >= 4 is 102 Å². The third kappa shape index (κ3) is 32.1. The summed E-state index contributed by atoms with van der Waals surface area (Å²) in [6, 6.07) is 16.0. The quantitative estimate of drug-likeness (QED) is 0.149. The van der Waals surface area contributed by atoms with Gasteiger partial charge in [-0.05, 0) is 224 Å². The van der Waals surface area contributed by atoms with Crippen LogP contribution in [-0.2, 0) is 19.7 Å². The van der Waals surface area contributed by atoms with Gasteiger partial charge in [0.2, 0.25) is 5.91 Å². The number of hydrogen-bond acceptors (Lipinski definition) is 13. The summed E-state index contributed by atoms with van der Waals surface area (Å²) in [7, 11) is 0. The maximum absolute atomic E-state index is 14.3. The number of halogens is 3. The molecular weight excluding hydrogens is 1560 g/mol. The van der Waals surface area contributed by atoms with Crippen molar-refractivity contribution < 1.29 is 42.2 Å². The summed E-state index contributed by atoms with van der Waals surface area (Å²) in [6.45, 7) is 25.2. The molecule has 16 nitrogen and oxygen atoms in total. The van der Waals surface area contributed by atoms with Crippen LogP contribution in [0.15, 0.2) is 346 Å². The second kappa shape index (κ2) is 47.6. The van der Waals surface area contributed by atoms with E-state index in [0.29, 0.717) is 84.2 Å². The molecule has 21 heteroatoms. The molecule has 0 atom stereocenters. The Hall–Kier alpha value is -16.4. The first-order chi connectivity index (χ1) is 55.9. The van der Waals surface area contributed by atoms with Crippen LogP contribution in [0.5, 0.6) is 0 Å². The number of rotatable bonds is 7. The van der Waals surface area contributed by atoms with Gasteiger partial charge in [-0.15, -0.1) is 22.7 Å². The lowest BCUT2D eigenvalue weighted by Gasteiger charge is -2.37. The van der Waals surface area contributed by atoms with Crippen LogP contribution in [0.1, 0.15) is 81.9 Å². The van der Waals surface area contributed by atoms with Crippen molar-refractivity contribution in [2.24, 2.45) is 0 Å². The second-order valence-corrected chi connectivity index (χ2v) is 27.6. The molecule has 5 heterocycles. The van der Waals surface area contributed by atoms with Gasteiger partial charge in [-0.3, -0.25) is 19.3 Å². The largest absolute Gasteiger partial charge is 0.444 e. The van der Waals surface area contributed by atoms with Gasteiger partial charge in [0.05, 0.1) is 33.9 Å². The van der Waals surface area contributed by atoms with Crippen molar-refractivity contribution in [2.45, 2.75) is 72.0 Å². The summed E-state index contributed by atoms with van der Waals surface area (Å²) in [6.07, 6.45) is -0.722. The van der Waals surface area contributed by atoms with Crippen LogP contribution in [0.3, 0.4) is 0 Å². The van der Waals surface area contributed by atoms with Gasteiger partial charge < -0.3 is 39.7 Å². The standard InChI is InChI=1S/C47H4.C29H32FN5O4S.C19H22BrFN4O3S/c1-3-5-7-9-11-13-15-17-19-21-23-25-27-29-31-33-35-37-39-41-43-45-47-46-44-42-40-38-36-34-32-30-28-26-24-22-20-18-16-14-12-10-8-6-4-2;1-28(2,3)39-27(38)34-14-12-33(13-15-34)23-11-10-18(30)16-20(23)31-24(36)21-17-40-26(32-21)35-22-9-7-6-8-19(22)29(4,5)25(35)37;1-19(2,3)28-18(27)25-8-6-24(7-9-25)15-5-4-12(21)10-13(15)22-16(26)14-11-29-17(20)23-14/h1-2H2;6-11,16-17H,12-15H2,1-5H3,(H,31,36);4-5,10-11H,6-9H2,1-3H3,(H,22,26). The molecule has 3 aromatic carbocycles. The minimum absolute atomic E-state index is 0.118. The van der Waals surface area contributed by atoms with E-state index < -0.39 is 40.1 Å². The third-order valence-electron chi connectivity index (χ3n) is 13.9. The van der Waals surface area contributed by atoms with Gasteiger partial charge in [0.25, 0.3) is 11.8 Å². The minimum Gasteiger partial charge on any atom is -0.444 e. The Balaban J connectivity index is 0.000000277. The predicted molar refractivity (Wildman–Crippen MR) is 437 cm³/mol. The highest BCUT2D eigenvalue weighted by molar-refractivity contribution is 9.11. The highest BCUT2D eigenvalue weighted by atomic mass is 79.9. The van der Waals surface area contributed by atoms with Crippen LogP contribution < -0.4 is 25.3 Å². The zero-order chi connectivity index (χ0) is 83.8. The highest BCUT2D eigenvalue weighted by Crippen LogP contribution is 2.46. The number of aromatic nitrogens is 2.